The van der Waals surface area contributed by atoms with Crippen LogP contribution in [0.2, 0.25) is 0 Å². The van der Waals surface area contributed by atoms with Crippen LogP contribution in [0.15, 0.2) is 40.2 Å². The van der Waals surface area contributed by atoms with Crippen molar-refractivity contribution < 1.29 is 0 Å². The fourth-order valence-corrected chi connectivity index (χ4v) is 3.79. The molecule has 0 nitrogen and oxygen atoms in total. The molecule has 1 aromatic heterocycles. The highest BCUT2D eigenvalue weighted by atomic mass is 127. The molecule has 15 heavy (non-hydrogen) atoms. The molecule has 0 amide bonds. The largest absolute Gasteiger partial charge is 0.132 e. The summed E-state index contributed by atoms with van der Waals surface area (Å²) in [5, 5.41) is 0. The molecular weight excluding hydrogens is 451 g/mol. The Labute approximate surface area is 123 Å². The van der Waals surface area contributed by atoms with E-state index in [9.17, 15) is 0 Å². The van der Waals surface area contributed by atoms with Gasteiger partial charge < -0.3 is 0 Å². The van der Waals surface area contributed by atoms with Crippen LogP contribution in [-0.4, -0.2) is 0 Å². The second-order valence-electron chi connectivity index (χ2n) is 3.06. The molecule has 4 heteroatoms. The highest BCUT2D eigenvalue weighted by molar-refractivity contribution is 14.1. The summed E-state index contributed by atoms with van der Waals surface area (Å²) in [7, 11) is 0. The number of halogens is 3. The van der Waals surface area contributed by atoms with Crippen molar-refractivity contribution in [3.05, 3.63) is 54.2 Å². The molecule has 1 heterocycles. The third-order valence-corrected chi connectivity index (χ3v) is 5.74. The van der Waals surface area contributed by atoms with Crippen LogP contribution < -0.4 is 0 Å². The molecule has 0 spiro atoms. The fraction of sp³-hybridized carbons (Fsp3) is 0.0909. The minimum Gasteiger partial charge on any atom is -0.132 e. The van der Waals surface area contributed by atoms with Gasteiger partial charge in [0.25, 0.3) is 0 Å². The Balaban J connectivity index is 2.28. The molecule has 0 fully saturated rings. The van der Waals surface area contributed by atoms with Crippen LogP contribution in [0.3, 0.4) is 0 Å². The SMILES string of the molecule is Brc1ccc(C(Br)c2ccc(I)cc2)s1. The van der Waals surface area contributed by atoms with Crippen molar-refractivity contribution in [1.29, 1.82) is 0 Å². The van der Waals surface area contributed by atoms with E-state index >= 15 is 0 Å². The summed E-state index contributed by atoms with van der Waals surface area (Å²) in [5.74, 6) is 0. The Morgan fingerprint density at radius 2 is 1.73 bits per heavy atom. The molecule has 2 aromatic rings. The molecule has 0 aliphatic carbocycles. The zero-order valence-electron chi connectivity index (χ0n) is 7.58. The molecule has 0 saturated carbocycles. The molecule has 78 valence electrons. The van der Waals surface area contributed by atoms with Crippen molar-refractivity contribution >= 4 is 65.8 Å². The molecule has 0 bridgehead atoms. The Morgan fingerprint density at radius 1 is 1.07 bits per heavy atom. The lowest BCUT2D eigenvalue weighted by molar-refractivity contribution is 1.22. The van der Waals surface area contributed by atoms with Gasteiger partial charge in [0, 0.05) is 8.45 Å². The van der Waals surface area contributed by atoms with Crippen LogP contribution in [0.4, 0.5) is 0 Å². The summed E-state index contributed by atoms with van der Waals surface area (Å²) >= 11 is 11.3. The molecule has 0 radical (unpaired) electrons. The van der Waals surface area contributed by atoms with Crippen LogP contribution in [-0.2, 0) is 0 Å². The molecule has 0 aliphatic heterocycles. The Kier molecular flexibility index (Phi) is 4.26. The van der Waals surface area contributed by atoms with Gasteiger partial charge in [-0.25, -0.2) is 0 Å². The molecule has 2 rings (SSSR count). The summed E-state index contributed by atoms with van der Waals surface area (Å²) in [4.78, 5) is 1.62. The van der Waals surface area contributed by atoms with Crippen molar-refractivity contribution in [2.45, 2.75) is 4.83 Å². The maximum absolute atomic E-state index is 3.72. The molecule has 1 aromatic carbocycles. The van der Waals surface area contributed by atoms with Crippen LogP contribution in [0.1, 0.15) is 15.3 Å². The number of hydrogen-bond donors (Lipinski definition) is 0. The minimum absolute atomic E-state index is 0.297. The van der Waals surface area contributed by atoms with E-state index in [1.165, 1.54) is 17.8 Å². The van der Waals surface area contributed by atoms with Crippen LogP contribution in [0.5, 0.6) is 0 Å². The van der Waals surface area contributed by atoms with Gasteiger partial charge in [0.15, 0.2) is 0 Å². The number of thiophene rings is 1. The van der Waals surface area contributed by atoms with Crippen molar-refractivity contribution in [3.63, 3.8) is 0 Å². The highest BCUT2D eigenvalue weighted by Gasteiger charge is 2.11. The number of alkyl halides is 1. The summed E-state index contributed by atoms with van der Waals surface area (Å²) in [6.07, 6.45) is 0. The van der Waals surface area contributed by atoms with E-state index < -0.39 is 0 Å². The van der Waals surface area contributed by atoms with Crippen molar-refractivity contribution in [2.75, 3.05) is 0 Å². The number of rotatable bonds is 2. The van der Waals surface area contributed by atoms with Crippen LogP contribution >= 0.6 is 65.8 Å². The summed E-state index contributed by atoms with van der Waals surface area (Å²) < 4.78 is 2.44. The van der Waals surface area contributed by atoms with Gasteiger partial charge in [-0.1, -0.05) is 28.1 Å². The van der Waals surface area contributed by atoms with E-state index in [-0.39, 0.29) is 0 Å². The van der Waals surface area contributed by atoms with Crippen molar-refractivity contribution in [2.24, 2.45) is 0 Å². The lowest BCUT2D eigenvalue weighted by Crippen LogP contribution is -1.88. The topological polar surface area (TPSA) is 0 Å². The van der Waals surface area contributed by atoms with E-state index in [0.29, 0.717) is 4.83 Å². The third-order valence-electron chi connectivity index (χ3n) is 2.01. The predicted octanol–water partition coefficient (Wildman–Crippen LogP) is 5.60. The summed E-state index contributed by atoms with van der Waals surface area (Å²) in [5.41, 5.74) is 1.30. The van der Waals surface area contributed by atoms with E-state index in [1.807, 2.05) is 0 Å². The standard InChI is InChI=1S/C11H7Br2IS/c12-10-6-5-9(15-10)11(13)7-1-3-8(14)4-2-7/h1-6,11H. The maximum Gasteiger partial charge on any atom is 0.0738 e. The Hall–Kier alpha value is 0.610. The number of hydrogen-bond acceptors (Lipinski definition) is 1. The van der Waals surface area contributed by atoms with E-state index in [2.05, 4.69) is 90.8 Å². The Bertz CT molecular complexity index is 450. The molecule has 0 saturated heterocycles. The van der Waals surface area contributed by atoms with Gasteiger partial charge in [-0.3, -0.25) is 0 Å². The van der Waals surface area contributed by atoms with Gasteiger partial charge in [0.1, 0.15) is 0 Å². The zero-order chi connectivity index (χ0) is 10.8. The second kappa shape index (κ2) is 5.29. The van der Waals surface area contributed by atoms with Crippen molar-refractivity contribution in [1.82, 2.24) is 0 Å². The third kappa shape index (κ3) is 3.05. The van der Waals surface area contributed by atoms with Gasteiger partial charge in [-0.2, -0.15) is 0 Å². The van der Waals surface area contributed by atoms with Gasteiger partial charge in [-0.15, -0.1) is 11.3 Å². The van der Waals surface area contributed by atoms with Crippen LogP contribution in [0.25, 0.3) is 0 Å². The predicted molar refractivity (Wildman–Crippen MR) is 81.9 cm³/mol. The van der Waals surface area contributed by atoms with E-state index in [1.54, 1.807) is 11.3 Å². The quantitative estimate of drug-likeness (QED) is 0.407. The smallest absolute Gasteiger partial charge is 0.0738 e. The Morgan fingerprint density at radius 3 is 2.27 bits per heavy atom. The van der Waals surface area contributed by atoms with E-state index in [0.717, 1.165) is 0 Å². The first-order valence-corrected chi connectivity index (χ1v) is 7.92. The monoisotopic (exact) mass is 456 g/mol. The van der Waals surface area contributed by atoms with Crippen molar-refractivity contribution in [3.8, 4) is 0 Å². The van der Waals surface area contributed by atoms with Crippen LogP contribution in [0, 0.1) is 3.57 Å². The second-order valence-corrected chi connectivity index (χ2v) is 7.71. The first-order valence-electron chi connectivity index (χ1n) is 4.31. The van der Waals surface area contributed by atoms with Gasteiger partial charge in [-0.05, 0) is 68.3 Å². The average molecular weight is 458 g/mol. The highest BCUT2D eigenvalue weighted by Crippen LogP contribution is 2.36. The minimum atomic E-state index is 0.297. The number of benzene rings is 1. The van der Waals surface area contributed by atoms with Gasteiger partial charge in [0.2, 0.25) is 0 Å². The lowest BCUT2D eigenvalue weighted by atomic mass is 10.1. The zero-order valence-corrected chi connectivity index (χ0v) is 13.7. The van der Waals surface area contributed by atoms with Gasteiger partial charge >= 0.3 is 0 Å². The van der Waals surface area contributed by atoms with E-state index in [4.69, 9.17) is 0 Å². The first kappa shape index (κ1) is 12.1. The molecular formula is C11H7Br2IS. The first-order chi connectivity index (χ1) is 7.16. The normalized spacial score (nSPS) is 12.7. The molecule has 0 aliphatic rings. The molecule has 0 N–H and O–H groups in total. The lowest BCUT2D eigenvalue weighted by Gasteiger charge is -2.07. The molecule has 1 atom stereocenters. The maximum atomic E-state index is 3.72. The van der Waals surface area contributed by atoms with Gasteiger partial charge in [0.05, 0.1) is 8.61 Å². The summed E-state index contributed by atoms with van der Waals surface area (Å²) in [6, 6.07) is 12.8. The average Bonchev–Trinajstić information content (AvgIpc) is 2.65. The fourth-order valence-electron chi connectivity index (χ4n) is 1.26. The molecule has 1 unspecified atom stereocenters. The summed E-state index contributed by atoms with van der Waals surface area (Å²) in [6.45, 7) is 0.